The number of rotatable bonds is 10. The molecule has 0 aliphatic rings. The zero-order valence-electron chi connectivity index (χ0n) is 18.8. The summed E-state index contributed by atoms with van der Waals surface area (Å²) in [7, 11) is 1.22. The van der Waals surface area contributed by atoms with Crippen LogP contribution in [0.4, 0.5) is 70.2 Å². The third-order valence-corrected chi connectivity index (χ3v) is 5.32. The third kappa shape index (κ3) is 5.06. The van der Waals surface area contributed by atoms with Gasteiger partial charge in [0.05, 0.1) is 19.8 Å². The lowest BCUT2D eigenvalue weighted by atomic mass is 9.91. The molecule has 0 aliphatic carbocycles. The fraction of sp³-hybridized carbons (Fsp3) is 0.556. The van der Waals surface area contributed by atoms with Gasteiger partial charge in [0.15, 0.2) is 0 Å². The van der Waals surface area contributed by atoms with Crippen molar-refractivity contribution in [1.29, 1.82) is 0 Å². The van der Waals surface area contributed by atoms with Crippen LogP contribution < -0.4 is 4.74 Å². The van der Waals surface area contributed by atoms with E-state index in [1.807, 2.05) is 0 Å². The van der Waals surface area contributed by atoms with Crippen molar-refractivity contribution in [2.24, 2.45) is 0 Å². The molecule has 40 heavy (non-hydrogen) atoms. The highest BCUT2D eigenvalue weighted by atomic mass is 32.1. The van der Waals surface area contributed by atoms with Crippen LogP contribution >= 0.6 is 12.6 Å². The van der Waals surface area contributed by atoms with Crippen LogP contribution in [0.25, 0.3) is 0 Å². The van der Waals surface area contributed by atoms with Crippen molar-refractivity contribution < 1.29 is 94.0 Å². The molecule has 0 bridgehead atoms. The third-order valence-electron chi connectivity index (χ3n) is 4.78. The molecule has 1 atom stereocenters. The van der Waals surface area contributed by atoms with Crippen LogP contribution in [0.15, 0.2) is 18.2 Å². The van der Waals surface area contributed by atoms with Crippen molar-refractivity contribution >= 4 is 24.6 Å². The van der Waals surface area contributed by atoms with E-state index in [0.717, 1.165) is 0 Å². The van der Waals surface area contributed by atoms with Gasteiger partial charge in [0.2, 0.25) is 0 Å². The highest BCUT2D eigenvalue weighted by molar-refractivity contribution is 7.81. The van der Waals surface area contributed by atoms with E-state index in [-0.39, 0.29) is 6.07 Å². The smallest absolute Gasteiger partial charge is 0.460 e. The highest BCUT2D eigenvalue weighted by Gasteiger charge is 2.94. The molecule has 0 amide bonds. The number of benzene rings is 1. The number of hydrogen-bond acceptors (Lipinski definition) is 6. The number of alkyl halides is 16. The Hall–Kier alpha value is -2.81. The summed E-state index contributed by atoms with van der Waals surface area (Å²) in [5.41, 5.74) is -2.25. The lowest BCUT2D eigenvalue weighted by Crippen LogP contribution is -2.74. The summed E-state index contributed by atoms with van der Waals surface area (Å²) in [6.45, 7) is 0. The molecule has 230 valence electrons. The van der Waals surface area contributed by atoms with E-state index < -0.39 is 75.7 Å². The predicted molar refractivity (Wildman–Crippen MR) is 98.3 cm³/mol. The Labute approximate surface area is 215 Å². The maximum atomic E-state index is 14.6. The van der Waals surface area contributed by atoms with Gasteiger partial charge in [0.1, 0.15) is 11.3 Å². The summed E-state index contributed by atoms with van der Waals surface area (Å²) < 4.78 is 228. The van der Waals surface area contributed by atoms with Crippen LogP contribution in [0.1, 0.15) is 20.7 Å². The van der Waals surface area contributed by atoms with E-state index in [9.17, 15) is 79.8 Å². The molecule has 22 heteroatoms. The van der Waals surface area contributed by atoms with Gasteiger partial charge in [0, 0.05) is 0 Å². The van der Waals surface area contributed by atoms with Crippen molar-refractivity contribution in [3.8, 4) is 5.75 Å². The summed E-state index contributed by atoms with van der Waals surface area (Å²) in [5.74, 6) is -47.1. The lowest BCUT2D eigenvalue weighted by Gasteiger charge is -2.43. The van der Waals surface area contributed by atoms with Crippen molar-refractivity contribution in [1.82, 2.24) is 0 Å². The van der Waals surface area contributed by atoms with Crippen LogP contribution in [0.3, 0.4) is 0 Å². The molecule has 0 heterocycles. The molecule has 0 aromatic heterocycles. The Balaban J connectivity index is 3.77. The van der Waals surface area contributed by atoms with Crippen LogP contribution in [0.5, 0.6) is 5.75 Å². The highest BCUT2D eigenvalue weighted by Crippen LogP contribution is 2.64. The fourth-order valence-electron chi connectivity index (χ4n) is 2.50. The van der Waals surface area contributed by atoms with E-state index in [4.69, 9.17) is 0 Å². The van der Waals surface area contributed by atoms with Crippen molar-refractivity contribution in [2.75, 3.05) is 14.2 Å². The van der Waals surface area contributed by atoms with E-state index in [1.165, 1.54) is 0 Å². The first kappa shape index (κ1) is 35.2. The van der Waals surface area contributed by atoms with Gasteiger partial charge >= 0.3 is 58.8 Å². The van der Waals surface area contributed by atoms with Crippen molar-refractivity contribution in [3.05, 3.63) is 29.3 Å². The number of carbonyl (C=O) groups excluding carboxylic acids is 2. The number of esters is 2. The molecule has 0 aliphatic heterocycles. The van der Waals surface area contributed by atoms with Gasteiger partial charge in [-0.05, 0) is 18.2 Å². The minimum absolute atomic E-state index is 0.0290. The molecular weight excluding hydrogens is 632 g/mol. The second-order valence-electron chi connectivity index (χ2n) is 7.30. The maximum Gasteiger partial charge on any atom is 0.460 e. The quantitative estimate of drug-likeness (QED) is 0.178. The number of ether oxygens (including phenoxy) is 3. The normalized spacial score (nSPS) is 15.8. The van der Waals surface area contributed by atoms with Gasteiger partial charge < -0.3 is 14.2 Å². The molecule has 0 N–H and O–H groups in total. The van der Waals surface area contributed by atoms with Gasteiger partial charge in [-0.1, -0.05) is 0 Å². The molecule has 1 unspecified atom stereocenters. The molecule has 0 radical (unpaired) electrons. The minimum Gasteiger partial charge on any atom is -0.465 e. The molecule has 1 aromatic carbocycles. The zero-order valence-corrected chi connectivity index (χ0v) is 19.7. The number of halogens is 16. The summed E-state index contributed by atoms with van der Waals surface area (Å²) in [6.07, 6.45) is -14.6. The zero-order chi connectivity index (χ0) is 32.1. The second kappa shape index (κ2) is 10.2. The lowest BCUT2D eigenvalue weighted by molar-refractivity contribution is -0.451. The summed E-state index contributed by atoms with van der Waals surface area (Å²) in [5, 5.41) is -6.98. The predicted octanol–water partition coefficient (Wildman–Crippen LogP) is 6.57. The Bertz CT molecular complexity index is 1130. The first-order chi connectivity index (χ1) is 17.5. The standard InChI is InChI=1S/C18H10F16O5S/c1-37-9(35)6-3-4-7(10(36)38-2)8(5-6)39-18(33,34)16(29,40)14(25,26)12(21,22)11(19,20)13(23,24)15(27,28)17(30,31)32/h3-5,40H,1-2H3. The Kier molecular flexibility index (Phi) is 9.01. The van der Waals surface area contributed by atoms with Crippen molar-refractivity contribution in [3.63, 3.8) is 0 Å². The number of hydrogen-bond donors (Lipinski definition) is 1. The van der Waals surface area contributed by atoms with Crippen LogP contribution in [-0.4, -0.2) is 73.1 Å². The van der Waals surface area contributed by atoms with Gasteiger partial charge in [-0.2, -0.15) is 65.9 Å². The summed E-state index contributed by atoms with van der Waals surface area (Å²) >= 11 is 1.76. The van der Waals surface area contributed by atoms with Crippen LogP contribution in [-0.2, 0) is 9.47 Å². The number of carbonyl (C=O) groups is 2. The van der Waals surface area contributed by atoms with Gasteiger partial charge in [0.25, 0.3) is 0 Å². The molecule has 1 rings (SSSR count). The summed E-state index contributed by atoms with van der Waals surface area (Å²) in [6, 6.07) is 0.889. The topological polar surface area (TPSA) is 61.8 Å². The first-order valence-electron chi connectivity index (χ1n) is 9.28. The average molecular weight is 642 g/mol. The van der Waals surface area contributed by atoms with Crippen LogP contribution in [0, 0.1) is 0 Å². The number of methoxy groups -OCH3 is 2. The van der Waals surface area contributed by atoms with Gasteiger partial charge in [-0.15, -0.1) is 12.6 Å². The maximum absolute atomic E-state index is 14.6. The number of thiol groups is 1. The fourth-order valence-corrected chi connectivity index (χ4v) is 2.68. The molecule has 0 fully saturated rings. The molecule has 5 nitrogen and oxygen atoms in total. The van der Waals surface area contributed by atoms with Crippen LogP contribution in [0.2, 0.25) is 0 Å². The molecule has 0 saturated heterocycles. The molecule has 1 aromatic rings. The Morgan fingerprint density at radius 1 is 0.625 bits per heavy atom. The molecular formula is C18H10F16O5S. The Morgan fingerprint density at radius 3 is 1.43 bits per heavy atom. The SMILES string of the molecule is COC(=O)c1ccc(C(=O)OC)c(OC(F)(F)C(F)(S)C(F)(F)C(F)(F)C(F)(F)C(F)(F)C(F)(F)C(F)(F)F)c1. The average Bonchev–Trinajstić information content (AvgIpc) is 2.81. The largest absolute Gasteiger partial charge is 0.465 e. The van der Waals surface area contributed by atoms with Gasteiger partial charge in [-0.25, -0.2) is 14.0 Å². The van der Waals surface area contributed by atoms with Gasteiger partial charge in [-0.3, -0.25) is 0 Å². The van der Waals surface area contributed by atoms with E-state index in [1.54, 1.807) is 12.6 Å². The van der Waals surface area contributed by atoms with E-state index in [0.29, 0.717) is 26.4 Å². The van der Waals surface area contributed by atoms with E-state index >= 15 is 0 Å². The monoisotopic (exact) mass is 642 g/mol. The Morgan fingerprint density at radius 2 is 1.02 bits per heavy atom. The first-order valence-corrected chi connectivity index (χ1v) is 9.72. The molecule has 0 saturated carbocycles. The molecule has 0 spiro atoms. The minimum atomic E-state index is -8.62. The summed E-state index contributed by atoms with van der Waals surface area (Å²) in [4.78, 5) is 23.2. The second-order valence-corrected chi connectivity index (χ2v) is 7.92. The van der Waals surface area contributed by atoms with Crippen molar-refractivity contribution in [2.45, 2.75) is 46.9 Å². The van der Waals surface area contributed by atoms with E-state index in [2.05, 4.69) is 14.2 Å².